The van der Waals surface area contributed by atoms with Gasteiger partial charge in [0.1, 0.15) is 5.75 Å². The van der Waals surface area contributed by atoms with Gasteiger partial charge in [-0.15, -0.1) is 11.8 Å². The third-order valence-corrected chi connectivity index (χ3v) is 3.83. The maximum absolute atomic E-state index is 11.2. The van der Waals surface area contributed by atoms with Crippen LogP contribution in [-0.2, 0) is 21.8 Å². The number of hydrogen-bond acceptors (Lipinski definition) is 5. The molecule has 0 radical (unpaired) electrons. The van der Waals surface area contributed by atoms with Crippen molar-refractivity contribution >= 4 is 17.7 Å². The Morgan fingerprint density at radius 1 is 1.29 bits per heavy atom. The van der Waals surface area contributed by atoms with Crippen molar-refractivity contribution in [1.82, 2.24) is 5.32 Å². The Morgan fingerprint density at radius 3 is 2.57 bits per heavy atom. The average molecular weight is 311 g/mol. The smallest absolute Gasteiger partial charge is 0.315 e. The number of benzene rings is 1. The van der Waals surface area contributed by atoms with Crippen molar-refractivity contribution < 1.29 is 14.3 Å². The van der Waals surface area contributed by atoms with Crippen LogP contribution in [0.4, 0.5) is 0 Å². The first-order valence-corrected chi connectivity index (χ1v) is 8.06. The molecule has 0 aliphatic carbocycles. The molecule has 0 heterocycles. The van der Waals surface area contributed by atoms with Crippen LogP contribution in [0.1, 0.15) is 31.9 Å². The maximum Gasteiger partial charge on any atom is 0.315 e. The first-order valence-electron chi connectivity index (χ1n) is 6.91. The predicted octanol–water partition coefficient (Wildman–Crippen LogP) is 2.99. The van der Waals surface area contributed by atoms with E-state index in [1.165, 1.54) is 24.4 Å². The molecule has 0 fully saturated rings. The van der Waals surface area contributed by atoms with Gasteiger partial charge in [-0.3, -0.25) is 4.79 Å². The highest BCUT2D eigenvalue weighted by atomic mass is 32.2. The van der Waals surface area contributed by atoms with E-state index in [0.717, 1.165) is 23.6 Å². The highest BCUT2D eigenvalue weighted by Gasteiger charge is 2.10. The van der Waals surface area contributed by atoms with Gasteiger partial charge in [0, 0.05) is 23.4 Å². The third-order valence-electron chi connectivity index (χ3n) is 2.87. The summed E-state index contributed by atoms with van der Waals surface area (Å²) in [6.07, 6.45) is 0. The summed E-state index contributed by atoms with van der Waals surface area (Å²) in [6, 6.07) is 6.17. The fourth-order valence-electron chi connectivity index (χ4n) is 1.73. The molecular weight excluding hydrogens is 286 g/mol. The normalized spacial score (nSPS) is 11.3. The van der Waals surface area contributed by atoms with Gasteiger partial charge in [-0.05, 0) is 38.5 Å². The Hall–Kier alpha value is -1.20. The Morgan fingerprint density at radius 2 is 2.00 bits per heavy atom. The number of methoxy groups -OCH3 is 2. The van der Waals surface area contributed by atoms with Crippen molar-refractivity contribution in [1.29, 1.82) is 0 Å². The molecule has 0 atom stereocenters. The molecule has 0 amide bonds. The molecule has 0 unspecified atom stereocenters. The van der Waals surface area contributed by atoms with Crippen LogP contribution in [0, 0.1) is 0 Å². The van der Waals surface area contributed by atoms with E-state index in [0.29, 0.717) is 5.75 Å². The minimum Gasteiger partial charge on any atom is -0.496 e. The number of carbonyl (C=O) groups is 1. The van der Waals surface area contributed by atoms with Crippen LogP contribution in [0.5, 0.6) is 5.75 Å². The molecule has 0 aliphatic heterocycles. The van der Waals surface area contributed by atoms with Gasteiger partial charge in [0.25, 0.3) is 0 Å². The van der Waals surface area contributed by atoms with Crippen molar-refractivity contribution in [2.45, 2.75) is 38.6 Å². The van der Waals surface area contributed by atoms with E-state index in [1.807, 2.05) is 6.07 Å². The second-order valence-corrected chi connectivity index (χ2v) is 6.80. The fraction of sp³-hybridized carbons (Fsp3) is 0.562. The third kappa shape index (κ3) is 6.87. The molecule has 1 aromatic rings. The van der Waals surface area contributed by atoms with Crippen LogP contribution < -0.4 is 10.1 Å². The first kappa shape index (κ1) is 17.9. The van der Waals surface area contributed by atoms with Crippen LogP contribution in [0.25, 0.3) is 0 Å². The van der Waals surface area contributed by atoms with Crippen LogP contribution in [0.2, 0.25) is 0 Å². The summed E-state index contributed by atoms with van der Waals surface area (Å²) in [5, 5.41) is 3.46. The van der Waals surface area contributed by atoms with E-state index in [4.69, 9.17) is 4.74 Å². The van der Waals surface area contributed by atoms with E-state index in [1.54, 1.807) is 7.11 Å². The van der Waals surface area contributed by atoms with Gasteiger partial charge < -0.3 is 14.8 Å². The zero-order valence-electron chi connectivity index (χ0n) is 13.5. The van der Waals surface area contributed by atoms with E-state index in [2.05, 4.69) is 43.0 Å². The lowest BCUT2D eigenvalue weighted by Crippen LogP contribution is -2.35. The fourth-order valence-corrected chi connectivity index (χ4v) is 2.56. The quantitative estimate of drug-likeness (QED) is 0.785. The number of ether oxygens (including phenoxy) is 2. The second-order valence-electron chi connectivity index (χ2n) is 5.82. The van der Waals surface area contributed by atoms with Crippen molar-refractivity contribution in [2.75, 3.05) is 20.0 Å². The summed E-state index contributed by atoms with van der Waals surface area (Å²) in [6.45, 7) is 7.24. The zero-order chi connectivity index (χ0) is 15.9. The maximum atomic E-state index is 11.2. The second kappa shape index (κ2) is 8.29. The van der Waals surface area contributed by atoms with E-state index < -0.39 is 0 Å². The van der Waals surface area contributed by atoms with Crippen LogP contribution in [0.15, 0.2) is 18.2 Å². The molecule has 1 aromatic carbocycles. The highest BCUT2D eigenvalue weighted by Crippen LogP contribution is 2.25. The van der Waals surface area contributed by atoms with Crippen LogP contribution in [0.3, 0.4) is 0 Å². The van der Waals surface area contributed by atoms with Gasteiger partial charge in [0.05, 0.1) is 20.0 Å². The molecule has 4 nitrogen and oxygen atoms in total. The predicted molar refractivity (Wildman–Crippen MR) is 87.8 cm³/mol. The molecule has 0 bridgehead atoms. The highest BCUT2D eigenvalue weighted by molar-refractivity contribution is 7.99. The number of thioether (sulfide) groups is 1. The monoisotopic (exact) mass is 311 g/mol. The number of carbonyl (C=O) groups excluding carboxylic acids is 1. The molecule has 0 saturated carbocycles. The molecule has 0 aliphatic rings. The SMILES string of the molecule is COC(=O)CSCc1cc(CNC(C)(C)C)ccc1OC. The Bertz CT molecular complexity index is 469. The molecule has 118 valence electrons. The largest absolute Gasteiger partial charge is 0.496 e. The standard InChI is InChI=1S/C16H25NO3S/c1-16(2,3)17-9-12-6-7-14(19-4)13(8-12)10-21-11-15(18)20-5/h6-8,17H,9-11H2,1-5H3. The minimum absolute atomic E-state index is 0.0831. The molecule has 0 aromatic heterocycles. The first-order chi connectivity index (χ1) is 9.85. The number of nitrogens with one attached hydrogen (secondary N) is 1. The summed E-state index contributed by atoms with van der Waals surface area (Å²) >= 11 is 1.53. The summed E-state index contributed by atoms with van der Waals surface area (Å²) < 4.78 is 10.0. The van der Waals surface area contributed by atoms with Crippen molar-refractivity contribution in [3.63, 3.8) is 0 Å². The lowest BCUT2D eigenvalue weighted by molar-refractivity contribution is -0.137. The minimum atomic E-state index is -0.204. The van der Waals surface area contributed by atoms with Gasteiger partial charge in [0.15, 0.2) is 0 Å². The van der Waals surface area contributed by atoms with Gasteiger partial charge >= 0.3 is 5.97 Å². The zero-order valence-corrected chi connectivity index (χ0v) is 14.3. The molecular formula is C16H25NO3S. The van der Waals surface area contributed by atoms with E-state index >= 15 is 0 Å². The molecule has 1 rings (SSSR count). The molecule has 21 heavy (non-hydrogen) atoms. The molecule has 0 saturated heterocycles. The summed E-state index contributed by atoms with van der Waals surface area (Å²) in [5.41, 5.74) is 2.39. The Kier molecular flexibility index (Phi) is 7.05. The van der Waals surface area contributed by atoms with E-state index in [-0.39, 0.29) is 11.5 Å². The Balaban J connectivity index is 2.69. The van der Waals surface area contributed by atoms with Crippen molar-refractivity contribution in [2.24, 2.45) is 0 Å². The number of esters is 1. The summed E-state index contributed by atoms with van der Waals surface area (Å²) in [4.78, 5) is 11.2. The Labute approximate surface area is 131 Å². The lowest BCUT2D eigenvalue weighted by Gasteiger charge is -2.21. The topological polar surface area (TPSA) is 47.6 Å². The van der Waals surface area contributed by atoms with E-state index in [9.17, 15) is 4.79 Å². The molecule has 0 spiro atoms. The molecule has 1 N–H and O–H groups in total. The lowest BCUT2D eigenvalue weighted by atomic mass is 10.1. The van der Waals surface area contributed by atoms with Crippen molar-refractivity contribution in [3.8, 4) is 5.75 Å². The average Bonchev–Trinajstić information content (AvgIpc) is 2.44. The number of hydrogen-bond donors (Lipinski definition) is 1. The summed E-state index contributed by atoms with van der Waals surface area (Å²) in [5.74, 6) is 1.72. The van der Waals surface area contributed by atoms with Gasteiger partial charge in [-0.25, -0.2) is 0 Å². The number of rotatable bonds is 7. The van der Waals surface area contributed by atoms with Gasteiger partial charge in [-0.2, -0.15) is 0 Å². The van der Waals surface area contributed by atoms with Crippen LogP contribution in [-0.4, -0.2) is 31.5 Å². The van der Waals surface area contributed by atoms with Gasteiger partial charge in [-0.1, -0.05) is 6.07 Å². The van der Waals surface area contributed by atoms with Crippen molar-refractivity contribution in [3.05, 3.63) is 29.3 Å². The summed E-state index contributed by atoms with van der Waals surface area (Å²) in [7, 11) is 3.07. The molecule has 5 heteroatoms. The van der Waals surface area contributed by atoms with Crippen LogP contribution >= 0.6 is 11.8 Å². The van der Waals surface area contributed by atoms with Gasteiger partial charge in [0.2, 0.25) is 0 Å².